The highest BCUT2D eigenvalue weighted by Gasteiger charge is 2.12. The highest BCUT2D eigenvalue weighted by Crippen LogP contribution is 2.31. The van der Waals surface area contributed by atoms with E-state index in [1.54, 1.807) is 6.08 Å². The van der Waals surface area contributed by atoms with Crippen LogP contribution < -0.4 is 9.80 Å². The van der Waals surface area contributed by atoms with E-state index in [1.165, 1.54) is 16.8 Å². The van der Waals surface area contributed by atoms with E-state index < -0.39 is 0 Å². The van der Waals surface area contributed by atoms with Crippen LogP contribution in [0, 0.1) is 0 Å². The van der Waals surface area contributed by atoms with Crippen molar-refractivity contribution >= 4 is 22.6 Å². The first-order valence-corrected chi connectivity index (χ1v) is 15.4. The molecule has 44 heavy (non-hydrogen) atoms. The summed E-state index contributed by atoms with van der Waals surface area (Å²) in [5.41, 5.74) is 8.38. The largest absolute Gasteiger partial charge is 0.338 e. The van der Waals surface area contributed by atoms with Crippen molar-refractivity contribution in [3.63, 3.8) is 0 Å². The van der Waals surface area contributed by atoms with Gasteiger partial charge in [0.25, 0.3) is 0 Å². The molecule has 0 spiro atoms. The Labute approximate surface area is 267 Å². The zero-order valence-corrected chi connectivity index (χ0v) is 27.2. The highest BCUT2D eigenvalue weighted by atomic mass is 15.1. The van der Waals surface area contributed by atoms with Gasteiger partial charge in [-0.25, -0.2) is 0 Å². The topological polar surface area (TPSA) is 6.48 Å². The molecule has 3 aromatic rings. The summed E-state index contributed by atoms with van der Waals surface area (Å²) in [5.74, 6) is 0. The summed E-state index contributed by atoms with van der Waals surface area (Å²) in [6, 6.07) is 30.0. The third-order valence-corrected chi connectivity index (χ3v) is 6.89. The number of hydrogen-bond acceptors (Lipinski definition) is 2. The predicted molar refractivity (Wildman–Crippen MR) is 198 cm³/mol. The minimum atomic E-state index is 0.782. The monoisotopic (exact) mass is 582 g/mol. The van der Waals surface area contributed by atoms with Gasteiger partial charge in [-0.3, -0.25) is 0 Å². The lowest BCUT2D eigenvalue weighted by atomic mass is 10.0. The van der Waals surface area contributed by atoms with Crippen molar-refractivity contribution in [2.24, 2.45) is 0 Å². The normalized spacial score (nSPS) is 12.0. The zero-order valence-electron chi connectivity index (χ0n) is 27.2. The molecule has 0 radical (unpaired) electrons. The Balaban J connectivity index is 0.00000216. The molecule has 3 aromatic carbocycles. The van der Waals surface area contributed by atoms with E-state index in [2.05, 4.69) is 172 Å². The third-order valence-electron chi connectivity index (χ3n) is 6.89. The standard InChI is InChI=1S/C39H44N2.C3H6/c1-6-10-14-21-33(5)41(38-26-17-13-18-27-38)39-30-28-35(29-31-39)34(8-3)22-19-20-32-40(36(9-4)23-11-7-2)37-24-15-12-16-25-37;1-3-2/h6-9,11-13,15-21,23-31H,1-2,10,14,22,32H2,3-5H3;3H,1H2,2H3/b20-19-,23-11-,33-21+,34-8+,36-9+;. The second-order valence-corrected chi connectivity index (χ2v) is 10.1. The smallest absolute Gasteiger partial charge is 0.0458 e. The van der Waals surface area contributed by atoms with E-state index in [1.807, 2.05) is 25.2 Å². The molecular formula is C42H50N2. The number of anilines is 3. The maximum absolute atomic E-state index is 3.86. The van der Waals surface area contributed by atoms with E-state index in [0.29, 0.717) is 0 Å². The van der Waals surface area contributed by atoms with Gasteiger partial charge < -0.3 is 9.80 Å². The van der Waals surface area contributed by atoms with Crippen LogP contribution in [-0.4, -0.2) is 6.54 Å². The summed E-state index contributed by atoms with van der Waals surface area (Å²) in [6.45, 7) is 20.1. The van der Waals surface area contributed by atoms with Crippen molar-refractivity contribution in [2.75, 3.05) is 16.3 Å². The van der Waals surface area contributed by atoms with Crippen LogP contribution in [0.1, 0.15) is 52.5 Å². The van der Waals surface area contributed by atoms with Crippen LogP contribution in [0.4, 0.5) is 17.1 Å². The molecule has 0 amide bonds. The number of benzene rings is 3. The quantitative estimate of drug-likeness (QED) is 0.0999. The average molecular weight is 583 g/mol. The highest BCUT2D eigenvalue weighted by molar-refractivity contribution is 5.72. The zero-order chi connectivity index (χ0) is 32.0. The molecule has 2 heteroatoms. The Kier molecular flexibility index (Phi) is 16.9. The molecule has 2 nitrogen and oxygen atoms in total. The van der Waals surface area contributed by atoms with Crippen molar-refractivity contribution < 1.29 is 0 Å². The molecule has 0 saturated carbocycles. The van der Waals surface area contributed by atoms with Crippen LogP contribution in [0.25, 0.3) is 5.57 Å². The van der Waals surface area contributed by atoms with Crippen LogP contribution in [0.3, 0.4) is 0 Å². The first-order valence-electron chi connectivity index (χ1n) is 15.4. The molecular weight excluding hydrogens is 532 g/mol. The maximum Gasteiger partial charge on any atom is 0.0458 e. The second kappa shape index (κ2) is 21.0. The number of rotatable bonds is 15. The first kappa shape index (κ1) is 35.4. The molecule has 0 atom stereocenters. The van der Waals surface area contributed by atoms with E-state index in [-0.39, 0.29) is 0 Å². The Bertz CT molecular complexity index is 1420. The number of para-hydroxylation sites is 2. The molecule has 0 aliphatic carbocycles. The molecule has 228 valence electrons. The van der Waals surface area contributed by atoms with Gasteiger partial charge in [0, 0.05) is 35.0 Å². The van der Waals surface area contributed by atoms with E-state index in [0.717, 1.165) is 48.6 Å². The Hall–Kier alpha value is -4.82. The fourth-order valence-electron chi connectivity index (χ4n) is 4.73. The molecule has 0 aliphatic heterocycles. The van der Waals surface area contributed by atoms with Crippen LogP contribution in [0.2, 0.25) is 0 Å². The summed E-state index contributed by atoms with van der Waals surface area (Å²) in [7, 11) is 0. The van der Waals surface area contributed by atoms with Gasteiger partial charge in [0.15, 0.2) is 0 Å². The molecule has 0 N–H and O–H groups in total. The van der Waals surface area contributed by atoms with Crippen LogP contribution in [-0.2, 0) is 0 Å². The van der Waals surface area contributed by atoms with Gasteiger partial charge >= 0.3 is 0 Å². The second-order valence-electron chi connectivity index (χ2n) is 10.1. The van der Waals surface area contributed by atoms with Gasteiger partial charge in [-0.2, -0.15) is 0 Å². The summed E-state index contributed by atoms with van der Waals surface area (Å²) < 4.78 is 0. The van der Waals surface area contributed by atoms with Gasteiger partial charge in [-0.05, 0) is 101 Å². The van der Waals surface area contributed by atoms with Crippen molar-refractivity contribution in [3.8, 4) is 0 Å². The van der Waals surface area contributed by atoms with Crippen LogP contribution in [0.5, 0.6) is 0 Å². The first-order chi connectivity index (χ1) is 21.5. The summed E-state index contributed by atoms with van der Waals surface area (Å²) in [4.78, 5) is 4.63. The molecule has 0 fully saturated rings. The lowest BCUT2D eigenvalue weighted by Crippen LogP contribution is -2.21. The van der Waals surface area contributed by atoms with E-state index in [9.17, 15) is 0 Å². The van der Waals surface area contributed by atoms with Gasteiger partial charge in [-0.15, -0.1) is 13.2 Å². The Morgan fingerprint density at radius 3 is 1.84 bits per heavy atom. The van der Waals surface area contributed by atoms with Crippen LogP contribution in [0.15, 0.2) is 177 Å². The minimum Gasteiger partial charge on any atom is -0.338 e. The number of allylic oxidation sites excluding steroid dienone is 11. The van der Waals surface area contributed by atoms with E-state index in [4.69, 9.17) is 0 Å². The molecule has 0 bridgehead atoms. The molecule has 0 unspecified atom stereocenters. The lowest BCUT2D eigenvalue weighted by molar-refractivity contribution is 1.02. The van der Waals surface area contributed by atoms with Gasteiger partial charge in [0.1, 0.15) is 0 Å². The van der Waals surface area contributed by atoms with Gasteiger partial charge in [0.05, 0.1) is 0 Å². The van der Waals surface area contributed by atoms with Crippen LogP contribution >= 0.6 is 0 Å². The van der Waals surface area contributed by atoms with Crippen molar-refractivity contribution in [1.29, 1.82) is 0 Å². The Morgan fingerprint density at radius 1 is 0.705 bits per heavy atom. The predicted octanol–water partition coefficient (Wildman–Crippen LogP) is 12.4. The third kappa shape index (κ3) is 11.5. The van der Waals surface area contributed by atoms with Crippen molar-refractivity contribution in [2.45, 2.75) is 47.0 Å². The molecule has 3 rings (SSSR count). The average Bonchev–Trinajstić information content (AvgIpc) is 3.06. The number of hydrogen-bond donors (Lipinski definition) is 0. The summed E-state index contributed by atoms with van der Waals surface area (Å²) in [6.07, 6.45) is 23.6. The molecule has 0 heterocycles. The fourth-order valence-corrected chi connectivity index (χ4v) is 4.73. The Morgan fingerprint density at radius 2 is 1.30 bits per heavy atom. The lowest BCUT2D eigenvalue weighted by Gasteiger charge is -2.26. The summed E-state index contributed by atoms with van der Waals surface area (Å²) in [5, 5.41) is 0. The fraction of sp³-hybridized carbons (Fsp3) is 0.190. The minimum absolute atomic E-state index is 0.782. The molecule has 0 saturated heterocycles. The molecule has 0 aliphatic rings. The van der Waals surface area contributed by atoms with Crippen molar-refractivity contribution in [3.05, 3.63) is 182 Å². The van der Waals surface area contributed by atoms with Crippen molar-refractivity contribution in [1.82, 2.24) is 0 Å². The molecule has 0 aromatic heterocycles. The van der Waals surface area contributed by atoms with Gasteiger partial charge in [0.2, 0.25) is 0 Å². The maximum atomic E-state index is 3.86. The van der Waals surface area contributed by atoms with Gasteiger partial charge in [-0.1, -0.05) is 110 Å². The number of nitrogens with zero attached hydrogens (tertiary/aromatic N) is 2. The SMILES string of the molecule is C=C/C=C\C(=C/C)N(C/C=C\C/C(=C\C)c1ccc(N(/C(C)=C/CCC=C)c2ccccc2)cc1)c1ccccc1.C=CC. The number of unbranched alkanes of at least 4 members (excludes halogenated alkanes) is 1. The summed E-state index contributed by atoms with van der Waals surface area (Å²) >= 11 is 0. The van der Waals surface area contributed by atoms with E-state index >= 15 is 0 Å².